The molecule has 0 radical (unpaired) electrons. The smallest absolute Gasteiger partial charge is 0.361 e. The van der Waals surface area contributed by atoms with E-state index in [4.69, 9.17) is 28.3 Å². The van der Waals surface area contributed by atoms with Crippen LogP contribution in [0, 0.1) is 5.92 Å². The third kappa shape index (κ3) is 5.18. The van der Waals surface area contributed by atoms with Gasteiger partial charge in [-0.15, -0.1) is 0 Å². The van der Waals surface area contributed by atoms with E-state index in [-0.39, 0.29) is 51.6 Å². The van der Waals surface area contributed by atoms with Gasteiger partial charge in [-0.2, -0.15) is 4.98 Å². The lowest BCUT2D eigenvalue weighted by Crippen LogP contribution is -2.56. The van der Waals surface area contributed by atoms with Crippen LogP contribution in [-0.2, 0) is 26.2 Å². The van der Waals surface area contributed by atoms with Gasteiger partial charge in [0.05, 0.1) is 0 Å². The molecule has 4 atom stereocenters. The summed E-state index contributed by atoms with van der Waals surface area (Å²) in [5, 5.41) is 33.5. The molecule has 4 aliphatic heterocycles. The number of nitrogens with one attached hydrogen (secondary N) is 4. The van der Waals surface area contributed by atoms with E-state index in [0.717, 1.165) is 12.0 Å². The van der Waals surface area contributed by atoms with Crippen LogP contribution < -0.4 is 20.7 Å². The van der Waals surface area contributed by atoms with E-state index < -0.39 is 47.1 Å². The number of oxazole rings is 2. The van der Waals surface area contributed by atoms with Crippen LogP contribution in [0.4, 0.5) is 5.69 Å². The van der Waals surface area contributed by atoms with Crippen LogP contribution in [0.3, 0.4) is 0 Å². The van der Waals surface area contributed by atoms with E-state index in [1.807, 2.05) is 72.8 Å². The lowest BCUT2D eigenvalue weighted by atomic mass is 9.72. The molecule has 5 aliphatic rings. The molecular formula is C44H39IN6O9. The molecule has 2 unspecified atom stereocenters. The molecule has 1 spiro atoms. The fourth-order valence-electron chi connectivity index (χ4n) is 9.91. The molecule has 1 saturated carbocycles. The summed E-state index contributed by atoms with van der Waals surface area (Å²) in [6.45, 7) is 3.84. The van der Waals surface area contributed by atoms with E-state index in [9.17, 15) is 24.6 Å². The normalized spacial score (nSPS) is 22.8. The monoisotopic (exact) mass is 922 g/mol. The lowest BCUT2D eigenvalue weighted by molar-refractivity contribution is -0.145. The number of esters is 1. The number of ether oxygens (including phenoxy) is 2. The number of aromatic amines is 1. The molecule has 3 aromatic heterocycles. The summed E-state index contributed by atoms with van der Waals surface area (Å²) >= 11 is 1.94. The number of amides is 2. The lowest BCUT2D eigenvalue weighted by Gasteiger charge is -2.33. The number of aromatic hydroxyl groups is 1. The summed E-state index contributed by atoms with van der Waals surface area (Å²) in [5.74, 6) is -1.03. The summed E-state index contributed by atoms with van der Waals surface area (Å²) in [6, 6.07) is 12.9. The number of hydrogen-bond donors (Lipinski definition) is 6. The first-order valence-corrected chi connectivity index (χ1v) is 21.7. The molecule has 15 nitrogen and oxygen atoms in total. The minimum atomic E-state index is -1.58. The molecule has 16 heteroatoms. The molecule has 1 aliphatic carbocycles. The number of benzene rings is 3. The quantitative estimate of drug-likeness (QED) is 0.0603. The van der Waals surface area contributed by atoms with Gasteiger partial charge in [-0.3, -0.25) is 9.59 Å². The summed E-state index contributed by atoms with van der Waals surface area (Å²) in [4.78, 5) is 55.3. The fraction of sp³-hybridized carbons (Fsp3) is 0.341. The number of aromatic nitrogens is 3. The first-order valence-electron chi connectivity index (χ1n) is 20.1. The molecule has 3 aromatic carbocycles. The van der Waals surface area contributed by atoms with E-state index in [2.05, 4.69) is 20.9 Å². The van der Waals surface area contributed by atoms with Crippen molar-refractivity contribution in [1.82, 2.24) is 25.6 Å². The Morgan fingerprint density at radius 2 is 1.87 bits per heavy atom. The number of phenols is 1. The number of carbonyl (C=O) groups is 3. The van der Waals surface area contributed by atoms with Crippen LogP contribution in [0.15, 0.2) is 63.6 Å². The van der Waals surface area contributed by atoms with Gasteiger partial charge in [-0.25, -0.2) is 9.78 Å². The van der Waals surface area contributed by atoms with Gasteiger partial charge in [0, 0.05) is 57.0 Å². The Balaban J connectivity index is 1.21. The standard InChI is InChI=1S/C44H39IN6O9/c1-19(2)31-38-50-34-36(60-38)44-23-8-6-7-21(30-27(52)11-10-25-29(30)22(17-46-25)35-33(40(54)57-18-45)49-39(34)59-35)32(23)51-42(44)58-28-12-9-20(15-24(28)44)16-26(37(53)48-31)47-41(55)43(56)13-4-3-5-14-43/h6-12,15,17,19,26,31,42,46,51-52,56H,3-5,13-14,16,18H2,1-2H3,(H,47,55)(H,48,53)/t26-,31-,42?,44?/m0/s1. The van der Waals surface area contributed by atoms with Gasteiger partial charge in [0.25, 0.3) is 5.91 Å². The highest BCUT2D eigenvalue weighted by molar-refractivity contribution is 14.1. The summed E-state index contributed by atoms with van der Waals surface area (Å²) in [5.41, 5.74) is 2.32. The summed E-state index contributed by atoms with van der Waals surface area (Å²) < 4.78 is 26.1. The number of alkyl halides is 1. The highest BCUT2D eigenvalue weighted by atomic mass is 127. The number of para-hydroxylation sites is 1. The predicted molar refractivity (Wildman–Crippen MR) is 224 cm³/mol. The Labute approximate surface area is 355 Å². The Kier molecular flexibility index (Phi) is 8.24. The summed E-state index contributed by atoms with van der Waals surface area (Å²) in [7, 11) is 0. The Morgan fingerprint density at radius 3 is 2.67 bits per heavy atom. The first kappa shape index (κ1) is 37.1. The third-order valence-corrected chi connectivity index (χ3v) is 13.1. The van der Waals surface area contributed by atoms with Gasteiger partial charge in [0.15, 0.2) is 29.1 Å². The van der Waals surface area contributed by atoms with Crippen molar-refractivity contribution < 1.29 is 42.9 Å². The number of anilines is 1. The molecule has 11 rings (SSSR count). The number of nitrogens with zero attached hydrogens (tertiary/aromatic N) is 2. The van der Waals surface area contributed by atoms with Crippen molar-refractivity contribution in [1.29, 1.82) is 0 Å². The molecule has 6 N–H and O–H groups in total. The number of phenolic OH excluding ortho intramolecular Hbond substituents is 1. The average molecular weight is 923 g/mol. The number of H-pyrrole nitrogens is 1. The molecule has 0 saturated heterocycles. The number of rotatable bonds is 5. The second-order valence-corrected chi connectivity index (χ2v) is 17.2. The highest BCUT2D eigenvalue weighted by Gasteiger charge is 2.62. The van der Waals surface area contributed by atoms with Crippen LogP contribution in [0.25, 0.3) is 44.9 Å². The Morgan fingerprint density at radius 1 is 1.03 bits per heavy atom. The SMILES string of the molecule is CC(C)[C@@H]1NC(=O)[C@@H](NC(=O)C2(O)CCCCC2)Cc2ccc3c(c2)C24c5cccc(c5NC2O3)-c2c(O)ccc3[nH]cc(c23)-c2oc(nc2C(=O)OCI)-c2nc1oc24. The predicted octanol–water partition coefficient (Wildman–Crippen LogP) is 6.74. The molecule has 60 heavy (non-hydrogen) atoms. The van der Waals surface area contributed by atoms with Crippen molar-refractivity contribution in [2.75, 3.05) is 9.93 Å². The second kappa shape index (κ2) is 13.3. The minimum Gasteiger partial charge on any atom is -0.507 e. The van der Waals surface area contributed by atoms with Gasteiger partial charge in [0.2, 0.25) is 17.7 Å². The van der Waals surface area contributed by atoms with E-state index in [0.29, 0.717) is 81.6 Å². The van der Waals surface area contributed by atoms with Crippen molar-refractivity contribution in [2.45, 2.75) is 81.7 Å². The molecule has 2 amide bonds. The van der Waals surface area contributed by atoms with E-state index in [1.165, 1.54) is 0 Å². The molecule has 306 valence electrons. The zero-order chi connectivity index (χ0) is 41.2. The maximum Gasteiger partial charge on any atom is 0.361 e. The first-order chi connectivity index (χ1) is 29.0. The van der Waals surface area contributed by atoms with E-state index >= 15 is 0 Å². The zero-order valence-corrected chi connectivity index (χ0v) is 34.6. The third-order valence-electron chi connectivity index (χ3n) is 12.8. The van der Waals surface area contributed by atoms with Crippen LogP contribution in [0.2, 0.25) is 0 Å². The molecule has 10 bridgehead atoms. The molecule has 1 fully saturated rings. The van der Waals surface area contributed by atoms with Gasteiger partial charge < -0.3 is 49.5 Å². The largest absolute Gasteiger partial charge is 0.507 e. The topological polar surface area (TPSA) is 214 Å². The van der Waals surface area contributed by atoms with Crippen molar-refractivity contribution in [3.63, 3.8) is 0 Å². The number of carbonyl (C=O) groups excluding carboxylic acids is 3. The zero-order valence-electron chi connectivity index (χ0n) is 32.5. The molecule has 7 heterocycles. The van der Waals surface area contributed by atoms with Gasteiger partial charge in [-0.1, -0.05) is 63.4 Å². The minimum absolute atomic E-state index is 0.00674. The Bertz CT molecular complexity index is 2820. The molecular weight excluding hydrogens is 883 g/mol. The van der Waals surface area contributed by atoms with Crippen molar-refractivity contribution in [3.8, 4) is 45.5 Å². The van der Waals surface area contributed by atoms with Gasteiger partial charge in [0.1, 0.15) is 39.2 Å². The maximum atomic E-state index is 14.5. The average Bonchev–Trinajstić information content (AvgIpc) is 4.06. The van der Waals surface area contributed by atoms with Gasteiger partial charge in [-0.05, 0) is 65.1 Å². The summed E-state index contributed by atoms with van der Waals surface area (Å²) in [6.07, 6.45) is 3.96. The van der Waals surface area contributed by atoms with Crippen molar-refractivity contribution in [3.05, 3.63) is 88.8 Å². The van der Waals surface area contributed by atoms with Crippen LogP contribution in [-0.4, -0.2) is 65.4 Å². The highest BCUT2D eigenvalue weighted by Crippen LogP contribution is 2.62. The van der Waals surface area contributed by atoms with Crippen LogP contribution in [0.1, 0.15) is 90.8 Å². The number of hydrogen-bond acceptors (Lipinski definition) is 12. The number of aliphatic hydroxyl groups is 1. The number of fused-ring (bicyclic) bond motifs is 7. The van der Waals surface area contributed by atoms with Crippen molar-refractivity contribution >= 4 is 57.0 Å². The van der Waals surface area contributed by atoms with Gasteiger partial charge >= 0.3 is 5.97 Å². The van der Waals surface area contributed by atoms with Crippen molar-refractivity contribution in [2.24, 2.45) is 5.92 Å². The fourth-order valence-corrected chi connectivity index (χ4v) is 10.2. The van der Waals surface area contributed by atoms with Crippen LogP contribution >= 0.6 is 22.6 Å². The van der Waals surface area contributed by atoms with E-state index in [1.54, 1.807) is 18.3 Å². The Hall–Kier alpha value is -5.88. The number of halogens is 1. The van der Waals surface area contributed by atoms with Crippen LogP contribution in [0.5, 0.6) is 11.5 Å². The molecule has 6 aromatic rings. The second-order valence-electron chi connectivity index (χ2n) is 16.6. The maximum absolute atomic E-state index is 14.5.